The molecule has 0 atom stereocenters. The smallest absolute Gasteiger partial charge is 0.276 e. The predicted molar refractivity (Wildman–Crippen MR) is 123 cm³/mol. The summed E-state index contributed by atoms with van der Waals surface area (Å²) in [6.45, 7) is 3.31. The molecular weight excluding hydrogens is 422 g/mol. The van der Waals surface area contributed by atoms with Crippen molar-refractivity contribution in [2.75, 3.05) is 45.2 Å². The summed E-state index contributed by atoms with van der Waals surface area (Å²) in [5.74, 6) is 0.382. The highest BCUT2D eigenvalue weighted by Crippen LogP contribution is 2.38. The van der Waals surface area contributed by atoms with Crippen LogP contribution in [-0.4, -0.2) is 66.1 Å². The summed E-state index contributed by atoms with van der Waals surface area (Å²) >= 11 is 0. The van der Waals surface area contributed by atoms with Crippen LogP contribution in [0.4, 0.5) is 5.82 Å². The molecule has 0 radical (unpaired) electrons. The minimum Gasteiger partial charge on any atom is -0.492 e. The number of carbonyl (C=O) groups is 2. The summed E-state index contributed by atoms with van der Waals surface area (Å²) in [5.41, 5.74) is 6.50. The standard InChI is InChI=1S/C24H31N5O4/c25-21-20(26-10-11-27-21)23(31)29-13-8-24(9-14-29)7-3-4-15-32-16-12-28-22(30)18-5-1-2-6-19(18)33-17-24/h1-2,5-6,10-11H,3-4,7-9,12-17H2,(H2,25,27)(H,28,30). The Hall–Kier alpha value is -3.20. The van der Waals surface area contributed by atoms with Gasteiger partial charge in [-0.25, -0.2) is 9.97 Å². The van der Waals surface area contributed by atoms with E-state index in [0.717, 1.165) is 32.1 Å². The number of nitrogens with zero attached hydrogens (tertiary/aromatic N) is 3. The van der Waals surface area contributed by atoms with E-state index in [1.54, 1.807) is 11.0 Å². The number of aromatic nitrogens is 2. The number of para-hydroxylation sites is 1. The number of ether oxygens (including phenoxy) is 2. The van der Waals surface area contributed by atoms with E-state index in [1.807, 2.05) is 18.2 Å². The van der Waals surface area contributed by atoms with Crippen LogP contribution in [0, 0.1) is 5.41 Å². The molecule has 0 bridgehead atoms. The summed E-state index contributed by atoms with van der Waals surface area (Å²) in [6.07, 6.45) is 7.50. The molecule has 1 spiro atoms. The monoisotopic (exact) mass is 453 g/mol. The molecule has 9 heteroatoms. The van der Waals surface area contributed by atoms with Crippen LogP contribution < -0.4 is 15.8 Å². The fourth-order valence-corrected chi connectivity index (χ4v) is 4.46. The topological polar surface area (TPSA) is 120 Å². The third-order valence-electron chi connectivity index (χ3n) is 6.48. The van der Waals surface area contributed by atoms with Gasteiger partial charge < -0.3 is 25.4 Å². The van der Waals surface area contributed by atoms with Crippen molar-refractivity contribution in [2.45, 2.75) is 32.1 Å². The second kappa shape index (κ2) is 10.6. The Labute approximate surface area is 193 Å². The van der Waals surface area contributed by atoms with Crippen molar-refractivity contribution in [2.24, 2.45) is 5.41 Å². The van der Waals surface area contributed by atoms with Crippen LogP contribution in [0.25, 0.3) is 0 Å². The number of benzene rings is 1. The van der Waals surface area contributed by atoms with Crippen LogP contribution in [-0.2, 0) is 4.74 Å². The minimum absolute atomic E-state index is 0.0849. The molecule has 1 aromatic carbocycles. The second-order valence-electron chi connectivity index (χ2n) is 8.69. The van der Waals surface area contributed by atoms with E-state index in [4.69, 9.17) is 15.2 Å². The fourth-order valence-electron chi connectivity index (χ4n) is 4.46. The van der Waals surface area contributed by atoms with Crippen molar-refractivity contribution in [3.8, 4) is 5.75 Å². The number of fused-ring (bicyclic) bond motifs is 1. The number of hydrogen-bond donors (Lipinski definition) is 2. The maximum atomic E-state index is 12.9. The van der Waals surface area contributed by atoms with E-state index >= 15 is 0 Å². The molecule has 2 aliphatic heterocycles. The number of piperidine rings is 1. The Bertz CT molecular complexity index is 975. The fraction of sp³-hybridized carbons (Fsp3) is 0.500. The van der Waals surface area contributed by atoms with E-state index in [9.17, 15) is 9.59 Å². The first kappa shape index (κ1) is 23.0. The minimum atomic E-state index is -0.187. The lowest BCUT2D eigenvalue weighted by atomic mass is 9.75. The Morgan fingerprint density at radius 2 is 1.85 bits per heavy atom. The summed E-state index contributed by atoms with van der Waals surface area (Å²) in [7, 11) is 0. The SMILES string of the molecule is Nc1nccnc1C(=O)N1CCC2(CCCCOCCNC(=O)c3ccccc3OC2)CC1. The number of nitrogens with two attached hydrogens (primary N) is 1. The van der Waals surface area contributed by atoms with Gasteiger partial charge >= 0.3 is 0 Å². The van der Waals surface area contributed by atoms with Gasteiger partial charge in [0.25, 0.3) is 11.8 Å². The van der Waals surface area contributed by atoms with Crippen molar-refractivity contribution in [1.82, 2.24) is 20.2 Å². The molecule has 1 aromatic heterocycles. The van der Waals surface area contributed by atoms with E-state index in [1.165, 1.54) is 12.4 Å². The number of nitrogen functional groups attached to an aromatic ring is 1. The highest BCUT2D eigenvalue weighted by molar-refractivity contribution is 5.97. The molecule has 1 saturated heterocycles. The molecule has 9 nitrogen and oxygen atoms in total. The maximum Gasteiger partial charge on any atom is 0.276 e. The van der Waals surface area contributed by atoms with E-state index in [0.29, 0.717) is 50.8 Å². The van der Waals surface area contributed by atoms with Crippen LogP contribution in [0.15, 0.2) is 36.7 Å². The quantitative estimate of drug-likeness (QED) is 0.680. The van der Waals surface area contributed by atoms with Gasteiger partial charge in [0.05, 0.1) is 18.8 Å². The highest BCUT2D eigenvalue weighted by atomic mass is 16.5. The van der Waals surface area contributed by atoms with Gasteiger partial charge in [0.1, 0.15) is 5.75 Å². The van der Waals surface area contributed by atoms with Crippen LogP contribution in [0.3, 0.4) is 0 Å². The second-order valence-corrected chi connectivity index (χ2v) is 8.69. The molecule has 2 aliphatic rings. The summed E-state index contributed by atoms with van der Waals surface area (Å²) in [6, 6.07) is 7.31. The Morgan fingerprint density at radius 3 is 2.67 bits per heavy atom. The van der Waals surface area contributed by atoms with Gasteiger partial charge in [-0.1, -0.05) is 18.6 Å². The van der Waals surface area contributed by atoms with Crippen molar-refractivity contribution in [3.63, 3.8) is 0 Å². The first-order valence-corrected chi connectivity index (χ1v) is 11.5. The van der Waals surface area contributed by atoms with Crippen molar-refractivity contribution in [1.29, 1.82) is 0 Å². The molecule has 0 aliphatic carbocycles. The van der Waals surface area contributed by atoms with Crippen LogP contribution in [0.1, 0.15) is 53.0 Å². The zero-order chi connectivity index (χ0) is 23.1. The molecule has 0 unspecified atom stereocenters. The third-order valence-corrected chi connectivity index (χ3v) is 6.48. The van der Waals surface area contributed by atoms with Crippen molar-refractivity contribution < 1.29 is 19.1 Å². The number of hydrogen-bond acceptors (Lipinski definition) is 7. The van der Waals surface area contributed by atoms with Crippen molar-refractivity contribution >= 4 is 17.6 Å². The lowest BCUT2D eigenvalue weighted by Crippen LogP contribution is -2.46. The van der Waals surface area contributed by atoms with E-state index < -0.39 is 0 Å². The number of likely N-dealkylation sites (tertiary alicyclic amines) is 1. The van der Waals surface area contributed by atoms with Gasteiger partial charge in [0, 0.05) is 44.0 Å². The van der Waals surface area contributed by atoms with Gasteiger partial charge in [-0.3, -0.25) is 9.59 Å². The number of rotatable bonds is 1. The third kappa shape index (κ3) is 5.60. The van der Waals surface area contributed by atoms with Gasteiger partial charge in [0.15, 0.2) is 11.5 Å². The van der Waals surface area contributed by atoms with Gasteiger partial charge in [-0.2, -0.15) is 0 Å². The van der Waals surface area contributed by atoms with Crippen LogP contribution in [0.5, 0.6) is 5.75 Å². The predicted octanol–water partition coefficient (Wildman–Crippen LogP) is 2.29. The number of carbonyl (C=O) groups excluding carboxylic acids is 2. The Morgan fingerprint density at radius 1 is 1.06 bits per heavy atom. The molecular formula is C24H31N5O4. The number of anilines is 1. The average molecular weight is 454 g/mol. The molecule has 0 saturated carbocycles. The van der Waals surface area contributed by atoms with Gasteiger partial charge in [-0.15, -0.1) is 0 Å². The summed E-state index contributed by atoms with van der Waals surface area (Å²) < 4.78 is 11.9. The molecule has 2 amide bonds. The van der Waals surface area contributed by atoms with Crippen LogP contribution >= 0.6 is 0 Å². The zero-order valence-corrected chi connectivity index (χ0v) is 18.8. The van der Waals surface area contributed by atoms with Crippen molar-refractivity contribution in [3.05, 3.63) is 47.9 Å². The lowest BCUT2D eigenvalue weighted by molar-refractivity contribution is 0.0338. The Kier molecular flexibility index (Phi) is 7.39. The maximum absolute atomic E-state index is 12.9. The lowest BCUT2D eigenvalue weighted by Gasteiger charge is -2.42. The first-order chi connectivity index (χ1) is 16.1. The van der Waals surface area contributed by atoms with E-state index in [2.05, 4.69) is 15.3 Å². The molecule has 2 aromatic rings. The summed E-state index contributed by atoms with van der Waals surface area (Å²) in [5, 5.41) is 2.89. The number of nitrogens with one attached hydrogen (secondary N) is 1. The van der Waals surface area contributed by atoms with E-state index in [-0.39, 0.29) is 28.7 Å². The van der Waals surface area contributed by atoms with Crippen LogP contribution in [0.2, 0.25) is 0 Å². The molecule has 1 fully saturated rings. The zero-order valence-electron chi connectivity index (χ0n) is 18.8. The molecule has 4 rings (SSSR count). The molecule has 3 N–H and O–H groups in total. The van der Waals surface area contributed by atoms with Gasteiger partial charge in [0.2, 0.25) is 0 Å². The summed E-state index contributed by atoms with van der Waals surface area (Å²) in [4.78, 5) is 35.4. The molecule has 3 heterocycles. The first-order valence-electron chi connectivity index (χ1n) is 11.5. The largest absolute Gasteiger partial charge is 0.492 e. The van der Waals surface area contributed by atoms with Gasteiger partial charge in [-0.05, 0) is 37.8 Å². The molecule has 33 heavy (non-hydrogen) atoms. The average Bonchev–Trinajstić information content (AvgIpc) is 2.84. The number of amides is 2. The Balaban J connectivity index is 1.48. The molecule has 176 valence electrons. The highest BCUT2D eigenvalue weighted by Gasteiger charge is 2.37. The normalized spacial score (nSPS) is 19.6.